The summed E-state index contributed by atoms with van der Waals surface area (Å²) in [4.78, 5) is 12.3. The van der Waals surface area contributed by atoms with Crippen LogP contribution in [0.5, 0.6) is 0 Å². The molecule has 3 nitrogen and oxygen atoms in total. The highest BCUT2D eigenvalue weighted by Gasteiger charge is 2.55. The van der Waals surface area contributed by atoms with Crippen LogP contribution in [0, 0.1) is 10.8 Å². The van der Waals surface area contributed by atoms with Crippen molar-refractivity contribution in [2.75, 3.05) is 6.61 Å². The highest BCUT2D eigenvalue weighted by molar-refractivity contribution is 5.98. The van der Waals surface area contributed by atoms with Crippen molar-refractivity contribution in [1.82, 2.24) is 0 Å². The van der Waals surface area contributed by atoms with E-state index in [9.17, 15) is 15.0 Å². The molecule has 3 atom stereocenters. The lowest BCUT2D eigenvalue weighted by Gasteiger charge is -2.48. The number of aliphatic hydroxyl groups excluding tert-OH is 2. The van der Waals surface area contributed by atoms with E-state index in [1.807, 2.05) is 26.8 Å². The van der Waals surface area contributed by atoms with Gasteiger partial charge in [0.05, 0.1) is 12.7 Å². The van der Waals surface area contributed by atoms with Crippen LogP contribution in [0.1, 0.15) is 40.0 Å². The second-order valence-corrected chi connectivity index (χ2v) is 6.21. The number of aliphatic hydroxyl groups is 2. The zero-order valence-corrected chi connectivity index (χ0v) is 11.4. The molecular weight excluding hydrogens is 228 g/mol. The van der Waals surface area contributed by atoms with Crippen molar-refractivity contribution in [1.29, 1.82) is 0 Å². The Bertz CT molecular complexity index is 435. The molecule has 0 radical (unpaired) electrons. The Morgan fingerprint density at radius 3 is 2.61 bits per heavy atom. The predicted octanol–water partition coefficient (Wildman–Crippen LogP) is 1.99. The summed E-state index contributed by atoms with van der Waals surface area (Å²) in [5.41, 5.74) is 0.921. The maximum Gasteiger partial charge on any atom is 0.162 e. The van der Waals surface area contributed by atoms with Gasteiger partial charge in [-0.3, -0.25) is 4.79 Å². The second kappa shape index (κ2) is 4.32. The average molecular weight is 250 g/mol. The van der Waals surface area contributed by atoms with Crippen LogP contribution in [0.25, 0.3) is 0 Å². The molecule has 0 spiro atoms. The minimum Gasteiger partial charge on any atom is -0.392 e. The molecule has 2 rings (SSSR count). The molecule has 0 aliphatic heterocycles. The molecule has 3 heteroatoms. The summed E-state index contributed by atoms with van der Waals surface area (Å²) in [6.45, 7) is 5.86. The van der Waals surface area contributed by atoms with Gasteiger partial charge in [-0.2, -0.15) is 0 Å². The van der Waals surface area contributed by atoms with Gasteiger partial charge < -0.3 is 10.2 Å². The molecule has 0 aromatic rings. The molecule has 0 heterocycles. The molecule has 0 unspecified atom stereocenters. The molecule has 0 aromatic heterocycles. The van der Waals surface area contributed by atoms with Gasteiger partial charge in [0, 0.05) is 10.8 Å². The van der Waals surface area contributed by atoms with Gasteiger partial charge in [-0.25, -0.2) is 0 Å². The Morgan fingerprint density at radius 2 is 2.11 bits per heavy atom. The summed E-state index contributed by atoms with van der Waals surface area (Å²) in [6, 6.07) is 0. The molecule has 0 bridgehead atoms. The van der Waals surface area contributed by atoms with E-state index in [-0.39, 0.29) is 12.4 Å². The van der Waals surface area contributed by atoms with Crippen LogP contribution in [-0.4, -0.2) is 28.7 Å². The largest absolute Gasteiger partial charge is 0.392 e. The first-order valence-electron chi connectivity index (χ1n) is 6.53. The third-order valence-electron chi connectivity index (χ3n) is 5.06. The van der Waals surface area contributed by atoms with E-state index < -0.39 is 16.9 Å². The van der Waals surface area contributed by atoms with Crippen molar-refractivity contribution < 1.29 is 15.0 Å². The van der Waals surface area contributed by atoms with Crippen LogP contribution in [0.2, 0.25) is 0 Å². The molecular formula is C15H22O3. The number of carbonyl (C=O) groups is 1. The van der Waals surface area contributed by atoms with E-state index in [4.69, 9.17) is 0 Å². The first kappa shape index (κ1) is 13.5. The highest BCUT2D eigenvalue weighted by atomic mass is 16.3. The topological polar surface area (TPSA) is 57.5 Å². The number of rotatable bonds is 2. The second-order valence-electron chi connectivity index (χ2n) is 6.21. The lowest BCUT2D eigenvalue weighted by atomic mass is 9.56. The molecule has 0 aromatic carbocycles. The fourth-order valence-electron chi connectivity index (χ4n) is 3.27. The van der Waals surface area contributed by atoms with Gasteiger partial charge in [0.15, 0.2) is 5.78 Å². The van der Waals surface area contributed by atoms with Gasteiger partial charge in [-0.05, 0) is 37.8 Å². The molecule has 2 aliphatic carbocycles. The Morgan fingerprint density at radius 1 is 1.44 bits per heavy atom. The summed E-state index contributed by atoms with van der Waals surface area (Å²) in [6.07, 6.45) is 5.13. The predicted molar refractivity (Wildman–Crippen MR) is 70.0 cm³/mol. The number of ketones is 1. The smallest absolute Gasteiger partial charge is 0.162 e. The summed E-state index contributed by atoms with van der Waals surface area (Å²) < 4.78 is 0. The Kier molecular flexibility index (Phi) is 3.24. The van der Waals surface area contributed by atoms with Crippen molar-refractivity contribution in [2.24, 2.45) is 10.8 Å². The number of hydrogen-bond donors (Lipinski definition) is 2. The van der Waals surface area contributed by atoms with E-state index in [0.29, 0.717) is 6.42 Å². The van der Waals surface area contributed by atoms with Crippen LogP contribution >= 0.6 is 0 Å². The lowest BCUT2D eigenvalue weighted by molar-refractivity contribution is -0.135. The summed E-state index contributed by atoms with van der Waals surface area (Å²) in [5, 5.41) is 19.6. The van der Waals surface area contributed by atoms with Gasteiger partial charge in [0.2, 0.25) is 0 Å². The maximum absolute atomic E-state index is 12.3. The summed E-state index contributed by atoms with van der Waals surface area (Å²) in [7, 11) is 0. The molecule has 0 amide bonds. The van der Waals surface area contributed by atoms with Crippen molar-refractivity contribution in [3.63, 3.8) is 0 Å². The van der Waals surface area contributed by atoms with Gasteiger partial charge >= 0.3 is 0 Å². The van der Waals surface area contributed by atoms with Gasteiger partial charge in [-0.15, -0.1) is 0 Å². The molecule has 0 fully saturated rings. The fourth-order valence-corrected chi connectivity index (χ4v) is 3.27. The van der Waals surface area contributed by atoms with E-state index in [2.05, 4.69) is 0 Å². The van der Waals surface area contributed by atoms with E-state index >= 15 is 0 Å². The SMILES string of the molecule is CC1=C[C@H](O)[C@@](C)([C@]2(C)CC(CO)=CC2=O)CC1. The average Bonchev–Trinajstić information content (AvgIpc) is 2.62. The molecule has 18 heavy (non-hydrogen) atoms. The van der Waals surface area contributed by atoms with Gasteiger partial charge in [0.25, 0.3) is 0 Å². The lowest BCUT2D eigenvalue weighted by Crippen LogP contribution is -2.49. The van der Waals surface area contributed by atoms with Gasteiger partial charge in [0.1, 0.15) is 0 Å². The minimum atomic E-state index is -0.596. The molecule has 0 saturated carbocycles. The van der Waals surface area contributed by atoms with Crippen molar-refractivity contribution >= 4 is 5.78 Å². The number of carbonyl (C=O) groups excluding carboxylic acids is 1. The highest BCUT2D eigenvalue weighted by Crippen LogP contribution is 2.54. The van der Waals surface area contributed by atoms with Crippen LogP contribution in [-0.2, 0) is 4.79 Å². The Balaban J connectivity index is 2.34. The Hall–Kier alpha value is -0.930. The third-order valence-corrected chi connectivity index (χ3v) is 5.06. The molecule has 2 N–H and O–H groups in total. The van der Waals surface area contributed by atoms with E-state index in [0.717, 1.165) is 18.4 Å². The van der Waals surface area contributed by atoms with Crippen LogP contribution < -0.4 is 0 Å². The van der Waals surface area contributed by atoms with Gasteiger partial charge in [-0.1, -0.05) is 25.5 Å². The van der Waals surface area contributed by atoms with Crippen molar-refractivity contribution in [2.45, 2.75) is 46.1 Å². The van der Waals surface area contributed by atoms with Crippen LogP contribution in [0.15, 0.2) is 23.3 Å². The monoisotopic (exact) mass is 250 g/mol. The number of hydrogen-bond acceptors (Lipinski definition) is 3. The zero-order valence-electron chi connectivity index (χ0n) is 11.4. The zero-order chi connectivity index (χ0) is 13.6. The van der Waals surface area contributed by atoms with Crippen molar-refractivity contribution in [3.8, 4) is 0 Å². The number of allylic oxidation sites excluding steroid dienone is 2. The molecule has 2 aliphatic rings. The van der Waals surface area contributed by atoms with E-state index in [1.54, 1.807) is 6.08 Å². The fraction of sp³-hybridized carbons (Fsp3) is 0.667. The molecule has 0 saturated heterocycles. The van der Waals surface area contributed by atoms with Crippen molar-refractivity contribution in [3.05, 3.63) is 23.3 Å². The minimum absolute atomic E-state index is 0.0426. The first-order valence-corrected chi connectivity index (χ1v) is 6.53. The summed E-state index contributed by atoms with van der Waals surface area (Å²) in [5.74, 6) is 0.0426. The summed E-state index contributed by atoms with van der Waals surface area (Å²) >= 11 is 0. The quantitative estimate of drug-likeness (QED) is 0.737. The first-order chi connectivity index (χ1) is 8.33. The standard InChI is InChI=1S/C15H22O3/c1-10-4-5-14(2,12(17)6-10)15(3)8-11(9-16)7-13(15)18/h6-7,12,16-17H,4-5,8-9H2,1-3H3/t12-,14-,15+/m0/s1. The Labute approximate surface area is 108 Å². The van der Waals surface area contributed by atoms with Crippen LogP contribution in [0.3, 0.4) is 0 Å². The molecule has 100 valence electrons. The van der Waals surface area contributed by atoms with E-state index in [1.165, 1.54) is 5.57 Å². The third kappa shape index (κ3) is 1.77. The maximum atomic E-state index is 12.3. The van der Waals surface area contributed by atoms with Crippen LogP contribution in [0.4, 0.5) is 0 Å². The normalized spacial score (nSPS) is 40.7.